The lowest BCUT2D eigenvalue weighted by Gasteiger charge is -2.08. The quantitative estimate of drug-likeness (QED) is 0.845. The molecule has 1 heterocycles. The van der Waals surface area contributed by atoms with E-state index in [4.69, 9.17) is 17.3 Å². The van der Waals surface area contributed by atoms with Gasteiger partial charge in [-0.15, -0.1) is 5.10 Å². The second-order valence-corrected chi connectivity index (χ2v) is 6.69. The van der Waals surface area contributed by atoms with E-state index in [1.807, 2.05) is 0 Å². The van der Waals surface area contributed by atoms with Crippen molar-refractivity contribution < 1.29 is 13.2 Å². The minimum Gasteiger partial charge on any atom is -0.367 e. The number of hydrogen-bond acceptors (Lipinski definition) is 6. The van der Waals surface area contributed by atoms with Crippen LogP contribution >= 0.6 is 11.6 Å². The van der Waals surface area contributed by atoms with Gasteiger partial charge in [0.25, 0.3) is 0 Å². The number of nitrogen functional groups attached to an aromatic ring is 1. The lowest BCUT2D eigenvalue weighted by molar-refractivity contribution is -0.116. The fourth-order valence-electron chi connectivity index (χ4n) is 1.55. The molecule has 10 heteroatoms. The van der Waals surface area contributed by atoms with Gasteiger partial charge < -0.3 is 11.1 Å². The molecular formula is C11H12ClN5O3S. The van der Waals surface area contributed by atoms with Crippen molar-refractivity contribution in [1.82, 2.24) is 14.8 Å². The highest BCUT2D eigenvalue weighted by molar-refractivity contribution is 7.90. The lowest BCUT2D eigenvalue weighted by atomic mass is 10.3. The topological polar surface area (TPSA) is 120 Å². The van der Waals surface area contributed by atoms with Crippen LogP contribution in [0, 0.1) is 0 Å². The number of nitrogens with two attached hydrogens (primary N) is 1. The Morgan fingerprint density at radius 1 is 1.48 bits per heavy atom. The zero-order valence-corrected chi connectivity index (χ0v) is 12.5. The summed E-state index contributed by atoms with van der Waals surface area (Å²) in [5.41, 5.74) is 5.54. The first kappa shape index (κ1) is 15.3. The van der Waals surface area contributed by atoms with Gasteiger partial charge in [0, 0.05) is 6.26 Å². The van der Waals surface area contributed by atoms with Crippen LogP contribution in [0.3, 0.4) is 0 Å². The molecule has 3 N–H and O–H groups in total. The van der Waals surface area contributed by atoms with Gasteiger partial charge in [-0.3, -0.25) is 4.79 Å². The Labute approximate surface area is 125 Å². The maximum Gasteiger partial charge on any atom is 0.246 e. The van der Waals surface area contributed by atoms with Crippen molar-refractivity contribution in [2.75, 3.05) is 17.3 Å². The molecule has 2 aromatic rings. The molecule has 0 spiro atoms. The molecule has 2 rings (SSSR count). The molecule has 0 saturated heterocycles. The van der Waals surface area contributed by atoms with Crippen LogP contribution in [0.5, 0.6) is 0 Å². The van der Waals surface area contributed by atoms with Crippen molar-refractivity contribution in [1.29, 1.82) is 0 Å². The van der Waals surface area contributed by atoms with Crippen molar-refractivity contribution in [3.63, 3.8) is 0 Å². The van der Waals surface area contributed by atoms with Crippen LogP contribution in [0.15, 0.2) is 29.4 Å². The second-order valence-electron chi connectivity index (χ2n) is 4.26. The van der Waals surface area contributed by atoms with E-state index in [2.05, 4.69) is 15.4 Å². The Morgan fingerprint density at radius 2 is 2.19 bits per heavy atom. The Bertz CT molecular complexity index is 787. The fraction of sp³-hybridized carbons (Fsp3) is 0.182. The van der Waals surface area contributed by atoms with Gasteiger partial charge in [0.1, 0.15) is 12.9 Å². The summed E-state index contributed by atoms with van der Waals surface area (Å²) in [6, 6.07) is 4.07. The van der Waals surface area contributed by atoms with Gasteiger partial charge in [-0.25, -0.2) is 18.1 Å². The molecule has 0 saturated carbocycles. The molecule has 0 aliphatic carbocycles. The standard InChI is InChI=1S/C11H12ClN5O3S/c1-21(19,20)7-2-3-8(12)9(4-7)15-10(18)5-17-6-14-11(13)16-17/h2-4,6H,5H2,1H3,(H2,13,16)(H,15,18). The summed E-state index contributed by atoms with van der Waals surface area (Å²) in [7, 11) is -3.39. The number of rotatable bonds is 4. The Morgan fingerprint density at radius 3 is 2.76 bits per heavy atom. The molecule has 8 nitrogen and oxygen atoms in total. The second kappa shape index (κ2) is 5.70. The minimum atomic E-state index is -3.39. The number of aromatic nitrogens is 3. The summed E-state index contributed by atoms with van der Waals surface area (Å²) in [5, 5.41) is 6.51. The van der Waals surface area contributed by atoms with E-state index < -0.39 is 15.7 Å². The van der Waals surface area contributed by atoms with Crippen LogP contribution in [0.1, 0.15) is 0 Å². The zero-order valence-electron chi connectivity index (χ0n) is 10.9. The molecule has 21 heavy (non-hydrogen) atoms. The average Bonchev–Trinajstić information content (AvgIpc) is 2.76. The fourth-order valence-corrected chi connectivity index (χ4v) is 2.36. The van der Waals surface area contributed by atoms with Gasteiger partial charge in [0.2, 0.25) is 11.9 Å². The Kier molecular flexibility index (Phi) is 4.14. The molecule has 0 bridgehead atoms. The third-order valence-corrected chi connectivity index (χ3v) is 3.94. The van der Waals surface area contributed by atoms with Crippen molar-refractivity contribution in [2.45, 2.75) is 11.4 Å². The first-order valence-electron chi connectivity index (χ1n) is 5.70. The molecule has 0 atom stereocenters. The first-order chi connectivity index (χ1) is 9.75. The van der Waals surface area contributed by atoms with Gasteiger partial charge in [-0.1, -0.05) is 11.6 Å². The summed E-state index contributed by atoms with van der Waals surface area (Å²) in [6.45, 7) is -0.121. The average molecular weight is 330 g/mol. The van der Waals surface area contributed by atoms with Crippen LogP contribution in [0.4, 0.5) is 11.6 Å². The van der Waals surface area contributed by atoms with Crippen molar-refractivity contribution in [3.8, 4) is 0 Å². The summed E-state index contributed by atoms with van der Waals surface area (Å²) >= 11 is 5.93. The molecule has 0 radical (unpaired) electrons. The monoisotopic (exact) mass is 329 g/mol. The van der Waals surface area contributed by atoms with Crippen molar-refractivity contribution in [2.24, 2.45) is 0 Å². The van der Waals surface area contributed by atoms with E-state index in [9.17, 15) is 13.2 Å². The number of carbonyl (C=O) groups is 1. The van der Waals surface area contributed by atoms with Gasteiger partial charge in [-0.2, -0.15) is 0 Å². The number of amides is 1. The van der Waals surface area contributed by atoms with Gasteiger partial charge in [0.15, 0.2) is 9.84 Å². The highest BCUT2D eigenvalue weighted by Crippen LogP contribution is 2.25. The number of carbonyl (C=O) groups excluding carboxylic acids is 1. The summed E-state index contributed by atoms with van der Waals surface area (Å²) in [6.07, 6.45) is 2.38. The first-order valence-corrected chi connectivity index (χ1v) is 7.97. The van der Waals surface area contributed by atoms with E-state index in [-0.39, 0.29) is 28.1 Å². The number of nitrogens with one attached hydrogen (secondary N) is 1. The molecule has 0 fully saturated rings. The third kappa shape index (κ3) is 3.92. The maximum absolute atomic E-state index is 11.9. The normalized spacial score (nSPS) is 11.3. The summed E-state index contributed by atoms with van der Waals surface area (Å²) in [5.74, 6) is -0.382. The molecule has 1 amide bonds. The van der Waals surface area contributed by atoms with Crippen molar-refractivity contribution in [3.05, 3.63) is 29.5 Å². The number of sulfone groups is 1. The predicted molar refractivity (Wildman–Crippen MR) is 77.6 cm³/mol. The Balaban J connectivity index is 2.17. The lowest BCUT2D eigenvalue weighted by Crippen LogP contribution is -2.19. The van der Waals surface area contributed by atoms with E-state index >= 15 is 0 Å². The molecule has 1 aromatic heterocycles. The highest BCUT2D eigenvalue weighted by Gasteiger charge is 2.13. The van der Waals surface area contributed by atoms with Gasteiger partial charge in [0.05, 0.1) is 15.6 Å². The van der Waals surface area contributed by atoms with Gasteiger partial charge in [-0.05, 0) is 18.2 Å². The van der Waals surface area contributed by atoms with Crippen LogP contribution < -0.4 is 11.1 Å². The zero-order chi connectivity index (χ0) is 15.6. The minimum absolute atomic E-state index is 0.0555. The van der Waals surface area contributed by atoms with E-state index in [1.54, 1.807) is 0 Å². The highest BCUT2D eigenvalue weighted by atomic mass is 35.5. The van der Waals surface area contributed by atoms with Crippen LogP contribution in [-0.4, -0.2) is 35.3 Å². The number of halogens is 1. The van der Waals surface area contributed by atoms with Crippen LogP contribution in [0.25, 0.3) is 0 Å². The largest absolute Gasteiger partial charge is 0.367 e. The van der Waals surface area contributed by atoms with E-state index in [0.29, 0.717) is 0 Å². The summed E-state index contributed by atoms with van der Waals surface area (Å²) in [4.78, 5) is 15.6. The smallest absolute Gasteiger partial charge is 0.246 e. The molecule has 1 aromatic carbocycles. The van der Waals surface area contributed by atoms with Crippen molar-refractivity contribution >= 4 is 39.0 Å². The van der Waals surface area contributed by atoms with Crippen LogP contribution in [0.2, 0.25) is 5.02 Å². The molecular weight excluding hydrogens is 318 g/mol. The number of benzene rings is 1. The number of anilines is 2. The molecule has 0 aliphatic heterocycles. The third-order valence-electron chi connectivity index (χ3n) is 2.50. The number of hydrogen-bond donors (Lipinski definition) is 2. The maximum atomic E-state index is 11.9. The van der Waals surface area contributed by atoms with E-state index in [1.165, 1.54) is 29.2 Å². The molecule has 0 aliphatic rings. The van der Waals surface area contributed by atoms with Gasteiger partial charge >= 0.3 is 0 Å². The molecule has 112 valence electrons. The van der Waals surface area contributed by atoms with Crippen LogP contribution in [-0.2, 0) is 21.2 Å². The van der Waals surface area contributed by atoms with E-state index in [0.717, 1.165) is 6.26 Å². The summed E-state index contributed by atoms with van der Waals surface area (Å²) < 4.78 is 24.2. The Hall–Kier alpha value is -2.13. The predicted octanol–water partition coefficient (Wildman–Crippen LogP) is 0.556. The molecule has 0 unspecified atom stereocenters. The SMILES string of the molecule is CS(=O)(=O)c1ccc(Cl)c(NC(=O)Cn2cnc(N)n2)c1. The number of nitrogens with zero attached hydrogens (tertiary/aromatic N) is 3.